The number of amidine groups is 1. The van der Waals surface area contributed by atoms with E-state index in [0.717, 1.165) is 11.8 Å². The van der Waals surface area contributed by atoms with Crippen LogP contribution in [0.25, 0.3) is 0 Å². The molecule has 3 aliphatic rings. The van der Waals surface area contributed by atoms with Gasteiger partial charge in [-0.05, 0) is 43.8 Å². The van der Waals surface area contributed by atoms with Crippen LogP contribution in [-0.4, -0.2) is 35.0 Å². The Morgan fingerprint density at radius 3 is 2.74 bits per heavy atom. The fraction of sp³-hybridized carbons (Fsp3) is 0.933. The number of hydrogen-bond acceptors (Lipinski definition) is 4. The first kappa shape index (κ1) is 14.1. The van der Waals surface area contributed by atoms with E-state index in [1.165, 1.54) is 62.3 Å². The van der Waals surface area contributed by atoms with E-state index in [2.05, 4.69) is 11.6 Å². The van der Waals surface area contributed by atoms with Crippen LogP contribution in [0.15, 0.2) is 4.99 Å². The monoisotopic (exact) mass is 298 g/mol. The van der Waals surface area contributed by atoms with Crippen LogP contribution in [0, 0.1) is 5.41 Å². The van der Waals surface area contributed by atoms with Gasteiger partial charge < -0.3 is 5.32 Å². The molecule has 2 nitrogen and oxygen atoms in total. The molecule has 1 heterocycles. The summed E-state index contributed by atoms with van der Waals surface area (Å²) < 4.78 is 0. The van der Waals surface area contributed by atoms with Gasteiger partial charge in [-0.25, -0.2) is 0 Å². The molecule has 1 N–H and O–H groups in total. The molecule has 1 spiro atoms. The van der Waals surface area contributed by atoms with Crippen molar-refractivity contribution < 1.29 is 0 Å². The first-order valence-electron chi connectivity index (χ1n) is 7.76. The summed E-state index contributed by atoms with van der Waals surface area (Å²) in [5.41, 5.74) is 0.561. The Bertz CT molecular complexity index is 337. The van der Waals surface area contributed by atoms with Gasteiger partial charge in [0.1, 0.15) is 0 Å². The third-order valence-electron chi connectivity index (χ3n) is 5.03. The molecule has 2 saturated carbocycles. The van der Waals surface area contributed by atoms with E-state index < -0.39 is 0 Å². The van der Waals surface area contributed by atoms with Crippen LogP contribution in [0.4, 0.5) is 0 Å². The molecule has 2 fully saturated rings. The summed E-state index contributed by atoms with van der Waals surface area (Å²) in [6.45, 7) is 1.08. The number of nitrogens with zero attached hydrogens (tertiary/aromatic N) is 1. The number of thioether (sulfide) groups is 2. The number of nitrogens with one attached hydrogen (secondary N) is 1. The lowest BCUT2D eigenvalue weighted by Gasteiger charge is -2.38. The molecule has 0 aromatic rings. The summed E-state index contributed by atoms with van der Waals surface area (Å²) in [6, 6.07) is 0.684. The minimum absolute atomic E-state index is 0.561. The summed E-state index contributed by atoms with van der Waals surface area (Å²) in [7, 11) is 0. The highest BCUT2D eigenvalue weighted by Gasteiger charge is 2.35. The van der Waals surface area contributed by atoms with Crippen molar-refractivity contribution in [1.82, 2.24) is 5.32 Å². The minimum atomic E-state index is 0.561. The predicted molar refractivity (Wildman–Crippen MR) is 88.4 cm³/mol. The Hall–Kier alpha value is 0.170. The van der Waals surface area contributed by atoms with Crippen LogP contribution in [0.1, 0.15) is 51.4 Å². The number of hydrogen-bond donors (Lipinski definition) is 1. The summed E-state index contributed by atoms with van der Waals surface area (Å²) >= 11 is 4.03. The Labute approximate surface area is 126 Å². The van der Waals surface area contributed by atoms with Crippen molar-refractivity contribution in [3.63, 3.8) is 0 Å². The average Bonchev–Trinajstić information content (AvgIpc) is 2.90. The standard InChI is InChI=1S/C15H26N2S2/c1-18-13-6-5-12(9-13)17-14-16-10-15(11-19-14)7-3-2-4-8-15/h12-13H,2-11H2,1H3,(H,16,17). The molecule has 2 unspecified atom stereocenters. The quantitative estimate of drug-likeness (QED) is 0.836. The van der Waals surface area contributed by atoms with Crippen LogP contribution < -0.4 is 5.32 Å². The molecule has 0 saturated heterocycles. The van der Waals surface area contributed by atoms with Crippen LogP contribution >= 0.6 is 23.5 Å². The van der Waals surface area contributed by atoms with Crippen molar-refractivity contribution in [2.75, 3.05) is 18.6 Å². The molecule has 0 amide bonds. The molecule has 1 aliphatic heterocycles. The smallest absolute Gasteiger partial charge is 0.156 e. The van der Waals surface area contributed by atoms with Crippen LogP contribution in [0.2, 0.25) is 0 Å². The van der Waals surface area contributed by atoms with E-state index in [1.807, 2.05) is 23.5 Å². The van der Waals surface area contributed by atoms with Gasteiger partial charge in [0.25, 0.3) is 0 Å². The van der Waals surface area contributed by atoms with Gasteiger partial charge in [0.15, 0.2) is 5.17 Å². The fourth-order valence-corrected chi connectivity index (χ4v) is 5.73. The minimum Gasteiger partial charge on any atom is -0.362 e. The SMILES string of the molecule is CSC1CCC(NC2=NCC3(CCCCC3)CS2)C1. The lowest BCUT2D eigenvalue weighted by molar-refractivity contribution is 0.232. The van der Waals surface area contributed by atoms with Crippen molar-refractivity contribution in [3.05, 3.63) is 0 Å². The molecule has 0 radical (unpaired) electrons. The molecular formula is C15H26N2S2. The summed E-state index contributed by atoms with van der Waals surface area (Å²) in [5.74, 6) is 1.30. The van der Waals surface area contributed by atoms with E-state index in [9.17, 15) is 0 Å². The Kier molecular flexibility index (Phi) is 4.68. The molecule has 108 valence electrons. The zero-order chi connectivity index (χ0) is 13.1. The summed E-state index contributed by atoms with van der Waals surface area (Å²) in [5, 5.41) is 5.81. The zero-order valence-corrected chi connectivity index (χ0v) is 13.6. The molecule has 0 aromatic carbocycles. The van der Waals surface area contributed by atoms with Gasteiger partial charge in [-0.3, -0.25) is 4.99 Å². The molecule has 2 aliphatic carbocycles. The summed E-state index contributed by atoms with van der Waals surface area (Å²) in [4.78, 5) is 4.88. The van der Waals surface area contributed by atoms with E-state index >= 15 is 0 Å². The second-order valence-corrected chi connectivity index (χ2v) is 8.58. The lowest BCUT2D eigenvalue weighted by Crippen LogP contribution is -2.39. The van der Waals surface area contributed by atoms with Crippen molar-refractivity contribution in [2.24, 2.45) is 10.4 Å². The van der Waals surface area contributed by atoms with Crippen LogP contribution in [0.3, 0.4) is 0 Å². The van der Waals surface area contributed by atoms with Gasteiger partial charge in [0, 0.05) is 23.6 Å². The van der Waals surface area contributed by atoms with E-state index in [4.69, 9.17) is 4.99 Å². The molecule has 3 rings (SSSR count). The highest BCUT2D eigenvalue weighted by molar-refractivity contribution is 8.13. The van der Waals surface area contributed by atoms with Gasteiger partial charge in [-0.2, -0.15) is 11.8 Å². The second kappa shape index (κ2) is 6.30. The fourth-order valence-electron chi connectivity index (χ4n) is 3.70. The zero-order valence-electron chi connectivity index (χ0n) is 12.0. The van der Waals surface area contributed by atoms with E-state index in [-0.39, 0.29) is 0 Å². The van der Waals surface area contributed by atoms with Crippen molar-refractivity contribution in [1.29, 1.82) is 0 Å². The topological polar surface area (TPSA) is 24.4 Å². The first-order chi connectivity index (χ1) is 9.30. The van der Waals surface area contributed by atoms with Crippen LogP contribution in [-0.2, 0) is 0 Å². The van der Waals surface area contributed by atoms with Crippen LogP contribution in [0.5, 0.6) is 0 Å². The Morgan fingerprint density at radius 2 is 2.11 bits per heavy atom. The van der Waals surface area contributed by atoms with Gasteiger partial charge in [0.2, 0.25) is 0 Å². The third kappa shape index (κ3) is 3.44. The highest BCUT2D eigenvalue weighted by atomic mass is 32.2. The number of rotatable bonds is 2. The highest BCUT2D eigenvalue weighted by Crippen LogP contribution is 2.41. The average molecular weight is 299 g/mol. The Morgan fingerprint density at radius 1 is 1.26 bits per heavy atom. The Balaban J connectivity index is 1.51. The predicted octanol–water partition coefficient (Wildman–Crippen LogP) is 3.91. The maximum absolute atomic E-state index is 4.88. The molecule has 4 heteroatoms. The van der Waals surface area contributed by atoms with Gasteiger partial charge in [0.05, 0.1) is 0 Å². The van der Waals surface area contributed by atoms with E-state index in [0.29, 0.717) is 11.5 Å². The van der Waals surface area contributed by atoms with Crippen molar-refractivity contribution in [2.45, 2.75) is 62.7 Å². The van der Waals surface area contributed by atoms with Gasteiger partial charge >= 0.3 is 0 Å². The maximum Gasteiger partial charge on any atom is 0.156 e. The third-order valence-corrected chi connectivity index (χ3v) is 7.40. The molecule has 0 aromatic heterocycles. The largest absolute Gasteiger partial charge is 0.362 e. The second-order valence-electron chi connectivity index (χ2n) is 6.48. The normalized spacial score (nSPS) is 34.3. The molecule has 19 heavy (non-hydrogen) atoms. The lowest BCUT2D eigenvalue weighted by atomic mass is 9.75. The summed E-state index contributed by atoms with van der Waals surface area (Å²) in [6.07, 6.45) is 13.4. The van der Waals surface area contributed by atoms with Gasteiger partial charge in [-0.1, -0.05) is 31.0 Å². The first-order valence-corrected chi connectivity index (χ1v) is 10.0. The molecule has 0 bridgehead atoms. The maximum atomic E-state index is 4.88. The van der Waals surface area contributed by atoms with Gasteiger partial charge in [-0.15, -0.1) is 0 Å². The van der Waals surface area contributed by atoms with Crippen molar-refractivity contribution in [3.8, 4) is 0 Å². The van der Waals surface area contributed by atoms with Crippen molar-refractivity contribution >= 4 is 28.7 Å². The number of aliphatic imine (C=N–C) groups is 1. The van der Waals surface area contributed by atoms with E-state index in [1.54, 1.807) is 0 Å². The molecule has 2 atom stereocenters. The molecular weight excluding hydrogens is 272 g/mol.